The average Bonchev–Trinajstić information content (AvgIpc) is 2.91. The highest BCUT2D eigenvalue weighted by Crippen LogP contribution is 2.41. The summed E-state index contributed by atoms with van der Waals surface area (Å²) in [5, 5.41) is 2.01. The molecule has 1 aliphatic rings. The van der Waals surface area contributed by atoms with Crippen molar-refractivity contribution in [2.75, 3.05) is 13.7 Å². The van der Waals surface area contributed by atoms with Gasteiger partial charge in [-0.05, 0) is 17.0 Å². The van der Waals surface area contributed by atoms with Crippen LogP contribution in [0, 0.1) is 0 Å². The van der Waals surface area contributed by atoms with Crippen LogP contribution in [0.5, 0.6) is 5.75 Å². The lowest BCUT2D eigenvalue weighted by Gasteiger charge is -2.30. The lowest BCUT2D eigenvalue weighted by molar-refractivity contribution is -0.190. The molecule has 2 aromatic rings. The molecule has 0 radical (unpaired) electrons. The molecule has 1 unspecified atom stereocenters. The van der Waals surface area contributed by atoms with Crippen LogP contribution >= 0.6 is 0 Å². The summed E-state index contributed by atoms with van der Waals surface area (Å²) in [6.45, 7) is 0.0172. The average molecular weight is 324 g/mol. The molecule has 0 saturated carbocycles. The molecular weight excluding hydrogens is 309 g/mol. The number of carbonyl (C=O) groups is 1. The smallest absolute Gasteiger partial charge is 0.409 e. The Morgan fingerprint density at radius 1 is 1.17 bits per heavy atom. The number of hydrogen-bond acceptors (Lipinski definition) is 3. The quantitative estimate of drug-likeness (QED) is 0.943. The van der Waals surface area contributed by atoms with Gasteiger partial charge in [0.1, 0.15) is 5.75 Å². The maximum atomic E-state index is 13.7. The number of benzene rings is 2. The van der Waals surface area contributed by atoms with Gasteiger partial charge in [0.25, 0.3) is 0 Å². The van der Waals surface area contributed by atoms with E-state index in [0.29, 0.717) is 16.5 Å². The first-order chi connectivity index (χ1) is 10.9. The number of ether oxygens (including phenoxy) is 1. The highest BCUT2D eigenvalue weighted by molar-refractivity contribution is 5.91. The van der Waals surface area contributed by atoms with Gasteiger partial charge in [0.2, 0.25) is 5.91 Å². The molecule has 1 fully saturated rings. The third-order valence-corrected chi connectivity index (χ3v) is 3.90. The Hall–Kier alpha value is -2.28. The lowest BCUT2D eigenvalue weighted by Crippen LogP contribution is -2.43. The van der Waals surface area contributed by atoms with Gasteiger partial charge in [0.15, 0.2) is 6.04 Å². The number of carbonyl (C=O) groups excluding carboxylic acids is 1. The first-order valence-electron chi connectivity index (χ1n) is 7.10. The fourth-order valence-electron chi connectivity index (χ4n) is 2.93. The van der Waals surface area contributed by atoms with Crippen LogP contribution in [0.25, 0.3) is 10.8 Å². The normalized spacial score (nSPS) is 17.3. The van der Waals surface area contributed by atoms with E-state index in [9.17, 15) is 18.0 Å². The van der Waals surface area contributed by atoms with E-state index in [1.165, 1.54) is 13.2 Å². The fourth-order valence-corrected chi connectivity index (χ4v) is 2.93. The second-order valence-electron chi connectivity index (χ2n) is 5.33. The second-order valence-corrected chi connectivity index (χ2v) is 5.33. The van der Waals surface area contributed by atoms with Crippen molar-refractivity contribution >= 4 is 16.7 Å². The van der Waals surface area contributed by atoms with E-state index < -0.39 is 18.1 Å². The zero-order valence-electron chi connectivity index (χ0n) is 12.4. The third-order valence-electron chi connectivity index (χ3n) is 3.90. The molecule has 1 saturated heterocycles. The Morgan fingerprint density at radius 2 is 1.87 bits per heavy atom. The van der Waals surface area contributed by atoms with Crippen LogP contribution < -0.4 is 10.2 Å². The van der Waals surface area contributed by atoms with Crippen molar-refractivity contribution in [3.05, 3.63) is 42.0 Å². The molecule has 1 heterocycles. The Balaban J connectivity index is 2.17. The predicted octanol–water partition coefficient (Wildman–Crippen LogP) is 3.19. The molecule has 4 nitrogen and oxygen atoms in total. The van der Waals surface area contributed by atoms with Gasteiger partial charge in [-0.15, -0.1) is 0 Å². The van der Waals surface area contributed by atoms with Gasteiger partial charge < -0.3 is 4.74 Å². The number of halogens is 3. The largest absolute Gasteiger partial charge is 0.496 e. The Labute approximate surface area is 130 Å². The Kier molecular flexibility index (Phi) is 3.89. The summed E-state index contributed by atoms with van der Waals surface area (Å²) in [4.78, 5) is 11.3. The van der Waals surface area contributed by atoms with Crippen LogP contribution in [0.1, 0.15) is 18.0 Å². The number of hydrazine groups is 1. The summed E-state index contributed by atoms with van der Waals surface area (Å²) in [7, 11) is 1.48. The number of nitrogens with one attached hydrogen (secondary N) is 1. The van der Waals surface area contributed by atoms with Crippen molar-refractivity contribution in [3.8, 4) is 5.75 Å². The standard InChI is InChI=1S/C16H15F3N2O2/c1-23-13-7-3-4-10-11(13)5-2-6-12(10)15(16(17,18)19)21-9-8-14(22)20-21/h2-7,15H,8-9H2,1H3,(H,20,22). The maximum absolute atomic E-state index is 13.7. The number of nitrogens with zero attached hydrogens (tertiary/aromatic N) is 1. The van der Waals surface area contributed by atoms with Crippen molar-refractivity contribution in [2.45, 2.75) is 18.6 Å². The fraction of sp³-hybridized carbons (Fsp3) is 0.312. The van der Waals surface area contributed by atoms with E-state index in [1.807, 2.05) is 0 Å². The monoisotopic (exact) mass is 324 g/mol. The molecule has 0 bridgehead atoms. The summed E-state index contributed by atoms with van der Waals surface area (Å²) in [6, 6.07) is 7.80. The Bertz CT molecular complexity index is 746. The molecule has 7 heteroatoms. The number of amides is 1. The molecule has 1 aliphatic heterocycles. The molecule has 23 heavy (non-hydrogen) atoms. The molecule has 0 aliphatic carbocycles. The summed E-state index contributed by atoms with van der Waals surface area (Å²) < 4.78 is 46.2. The van der Waals surface area contributed by atoms with E-state index in [2.05, 4.69) is 5.43 Å². The van der Waals surface area contributed by atoms with Gasteiger partial charge in [0, 0.05) is 18.4 Å². The minimum atomic E-state index is -4.52. The summed E-state index contributed by atoms with van der Waals surface area (Å²) >= 11 is 0. The highest BCUT2D eigenvalue weighted by Gasteiger charge is 2.47. The number of rotatable bonds is 3. The number of hydrogen-bond donors (Lipinski definition) is 1. The van der Waals surface area contributed by atoms with Crippen molar-refractivity contribution in [1.82, 2.24) is 10.4 Å². The summed E-state index contributed by atoms with van der Waals surface area (Å²) in [5.41, 5.74) is 2.39. The van der Waals surface area contributed by atoms with Crippen LogP contribution in [-0.4, -0.2) is 30.7 Å². The van der Waals surface area contributed by atoms with Gasteiger partial charge in [-0.2, -0.15) is 13.2 Å². The van der Waals surface area contributed by atoms with Crippen molar-refractivity contribution in [3.63, 3.8) is 0 Å². The van der Waals surface area contributed by atoms with Crippen LogP contribution in [-0.2, 0) is 4.79 Å². The minimum absolute atomic E-state index is 0.0172. The van der Waals surface area contributed by atoms with Crippen molar-refractivity contribution < 1.29 is 22.7 Å². The predicted molar refractivity (Wildman–Crippen MR) is 78.8 cm³/mol. The minimum Gasteiger partial charge on any atom is -0.496 e. The number of fused-ring (bicyclic) bond motifs is 1. The van der Waals surface area contributed by atoms with Crippen LogP contribution in [0.3, 0.4) is 0 Å². The van der Waals surface area contributed by atoms with Gasteiger partial charge in [-0.25, -0.2) is 5.01 Å². The van der Waals surface area contributed by atoms with Crippen LogP contribution in [0.15, 0.2) is 36.4 Å². The van der Waals surface area contributed by atoms with Crippen LogP contribution in [0.2, 0.25) is 0 Å². The van der Waals surface area contributed by atoms with E-state index in [4.69, 9.17) is 4.74 Å². The van der Waals surface area contributed by atoms with Gasteiger partial charge in [-0.3, -0.25) is 10.2 Å². The lowest BCUT2D eigenvalue weighted by atomic mass is 9.97. The van der Waals surface area contributed by atoms with Gasteiger partial charge in [-0.1, -0.05) is 30.3 Å². The zero-order chi connectivity index (χ0) is 16.6. The van der Waals surface area contributed by atoms with E-state index >= 15 is 0 Å². The second kappa shape index (κ2) is 5.73. The molecule has 2 aromatic carbocycles. The maximum Gasteiger partial charge on any atom is 0.409 e. The first kappa shape index (κ1) is 15.6. The molecule has 3 rings (SSSR count). The van der Waals surface area contributed by atoms with E-state index in [0.717, 1.165) is 5.01 Å². The summed E-state index contributed by atoms with van der Waals surface area (Å²) in [6.07, 6.45) is -4.46. The number of methoxy groups -OCH3 is 1. The van der Waals surface area contributed by atoms with Gasteiger partial charge in [0.05, 0.1) is 7.11 Å². The molecule has 1 N–H and O–H groups in total. The third kappa shape index (κ3) is 2.84. The zero-order valence-corrected chi connectivity index (χ0v) is 12.4. The van der Waals surface area contributed by atoms with Crippen LogP contribution in [0.4, 0.5) is 13.2 Å². The molecule has 1 atom stereocenters. The van der Waals surface area contributed by atoms with Crippen molar-refractivity contribution in [2.24, 2.45) is 0 Å². The summed E-state index contributed by atoms with van der Waals surface area (Å²) in [5.74, 6) is 0.104. The topological polar surface area (TPSA) is 41.6 Å². The Morgan fingerprint density at radius 3 is 2.48 bits per heavy atom. The SMILES string of the molecule is COc1cccc2c(C(N3CCC(=O)N3)C(F)(F)F)cccc12. The van der Waals surface area contributed by atoms with Crippen molar-refractivity contribution in [1.29, 1.82) is 0 Å². The molecule has 122 valence electrons. The molecule has 0 spiro atoms. The highest BCUT2D eigenvalue weighted by atomic mass is 19.4. The van der Waals surface area contributed by atoms with E-state index in [1.54, 1.807) is 30.3 Å². The van der Waals surface area contributed by atoms with E-state index in [-0.39, 0.29) is 18.5 Å². The van der Waals surface area contributed by atoms with Gasteiger partial charge >= 0.3 is 6.18 Å². The molecule has 1 amide bonds. The number of alkyl halides is 3. The molecular formula is C16H15F3N2O2. The first-order valence-corrected chi connectivity index (χ1v) is 7.10. The molecule has 0 aromatic heterocycles.